The molecule has 4 nitrogen and oxygen atoms in total. The van der Waals surface area contributed by atoms with Crippen molar-refractivity contribution < 1.29 is 14.3 Å². The summed E-state index contributed by atoms with van der Waals surface area (Å²) < 4.78 is 12.5. The van der Waals surface area contributed by atoms with Crippen molar-refractivity contribution in [2.24, 2.45) is 51.8 Å². The highest BCUT2D eigenvalue weighted by molar-refractivity contribution is 5.69. The third kappa shape index (κ3) is 9.89. The van der Waals surface area contributed by atoms with E-state index in [1.807, 2.05) is 14.1 Å². The molecule has 4 aliphatic rings. The van der Waals surface area contributed by atoms with Crippen LogP contribution in [0, 0.1) is 51.8 Å². The second-order valence-corrected chi connectivity index (χ2v) is 19.1. The maximum Gasteiger partial charge on any atom is 0.306 e. The number of esters is 1. The number of nitrogens with zero attached hydrogens (tertiary/aromatic N) is 1. The van der Waals surface area contributed by atoms with Crippen LogP contribution >= 0.6 is 0 Å². The van der Waals surface area contributed by atoms with Gasteiger partial charge >= 0.3 is 5.97 Å². The number of unbranched alkanes of at least 4 members (excludes halogenated alkanes) is 2. The molecule has 9 atom stereocenters. The predicted molar refractivity (Wildman–Crippen MR) is 198 cm³/mol. The Balaban J connectivity index is 1.21. The van der Waals surface area contributed by atoms with E-state index in [9.17, 15) is 4.79 Å². The van der Waals surface area contributed by atoms with Crippen LogP contribution in [0.15, 0.2) is 11.6 Å². The molecule has 0 heterocycles. The van der Waals surface area contributed by atoms with Crippen LogP contribution in [0.25, 0.3) is 0 Å². The zero-order chi connectivity index (χ0) is 34.4. The van der Waals surface area contributed by atoms with Crippen molar-refractivity contribution in [2.45, 2.75) is 177 Å². The molecule has 0 radical (unpaired) electrons. The quantitative estimate of drug-likeness (QED) is 0.0888. The molecule has 0 aromatic carbocycles. The van der Waals surface area contributed by atoms with E-state index in [1.54, 1.807) is 5.57 Å². The van der Waals surface area contributed by atoms with Crippen molar-refractivity contribution in [3.8, 4) is 0 Å². The molecule has 4 heteroatoms. The van der Waals surface area contributed by atoms with Crippen LogP contribution in [0.5, 0.6) is 0 Å². The predicted octanol–water partition coefficient (Wildman–Crippen LogP) is 11.3. The summed E-state index contributed by atoms with van der Waals surface area (Å²) in [6.07, 6.45) is 23.9. The fraction of sp³-hybridized carbons (Fsp3) is 0.930. The zero-order valence-corrected chi connectivity index (χ0v) is 32.8. The molecule has 0 N–H and O–H groups in total. The van der Waals surface area contributed by atoms with Gasteiger partial charge in [-0.05, 0) is 149 Å². The number of hydrogen-bond acceptors (Lipinski definition) is 4. The van der Waals surface area contributed by atoms with E-state index in [2.05, 4.69) is 66.4 Å². The Labute approximate surface area is 292 Å². The molecule has 4 unspecified atom stereocenters. The van der Waals surface area contributed by atoms with Gasteiger partial charge in [0.1, 0.15) is 6.10 Å². The van der Waals surface area contributed by atoms with Gasteiger partial charge in [-0.25, -0.2) is 0 Å². The van der Waals surface area contributed by atoms with Crippen LogP contribution in [-0.2, 0) is 14.3 Å². The number of rotatable bonds is 17. The average Bonchev–Trinajstić information content (AvgIpc) is 3.34. The summed E-state index contributed by atoms with van der Waals surface area (Å²) in [7, 11) is 4.09. The van der Waals surface area contributed by atoms with Crippen LogP contribution in [0.2, 0.25) is 0 Å². The Bertz CT molecular complexity index is 1010. The molecule has 3 saturated carbocycles. The normalized spacial score (nSPS) is 33.6. The lowest BCUT2D eigenvalue weighted by Gasteiger charge is -2.58. The Hall–Kier alpha value is -0.870. The van der Waals surface area contributed by atoms with Gasteiger partial charge in [0.05, 0.1) is 6.10 Å². The molecule has 4 rings (SSSR count). The van der Waals surface area contributed by atoms with Gasteiger partial charge in [0.25, 0.3) is 0 Å². The first kappa shape index (κ1) is 38.9. The lowest BCUT2D eigenvalue weighted by Crippen LogP contribution is -2.51. The van der Waals surface area contributed by atoms with Gasteiger partial charge < -0.3 is 14.4 Å². The number of hydrogen-bond donors (Lipinski definition) is 0. The van der Waals surface area contributed by atoms with Crippen molar-refractivity contribution in [3.05, 3.63) is 11.6 Å². The third-order valence-corrected chi connectivity index (χ3v) is 13.9. The minimum Gasteiger partial charge on any atom is -0.462 e. The molecule has 0 amide bonds. The summed E-state index contributed by atoms with van der Waals surface area (Å²) in [6.45, 7) is 21.1. The number of ether oxygens (including phenoxy) is 2. The maximum atomic E-state index is 12.5. The van der Waals surface area contributed by atoms with E-state index in [0.717, 1.165) is 87.2 Å². The molecule has 0 saturated heterocycles. The fourth-order valence-corrected chi connectivity index (χ4v) is 11.1. The summed E-state index contributed by atoms with van der Waals surface area (Å²) in [5.74, 6) is 5.35. The standard InChI is InChI=1S/C43H77NO3/c1-31(2)16-14-17-32(3)36-22-23-37-35-21-20-33-30-34(24-26-42(33,7)38(35)25-27-43(36,37)8)46-29-13-11-12-18-39(41(4,5)6)47-40(45)19-15-28-44(9)10/h20,31-32,34-39H,11-19,21-30H2,1-10H3/t32-,34+,35?,36-,37?,38?,39?,42+,43-/m1/s1. The first-order valence-corrected chi connectivity index (χ1v) is 20.3. The van der Waals surface area contributed by atoms with E-state index in [0.29, 0.717) is 23.4 Å². The average molecular weight is 656 g/mol. The summed E-state index contributed by atoms with van der Waals surface area (Å²) >= 11 is 0. The molecular formula is C43H77NO3. The molecule has 3 fully saturated rings. The summed E-state index contributed by atoms with van der Waals surface area (Å²) in [4.78, 5) is 14.6. The van der Waals surface area contributed by atoms with Crippen molar-refractivity contribution >= 4 is 5.97 Å². The highest BCUT2D eigenvalue weighted by Gasteiger charge is 2.59. The number of carbonyl (C=O) groups is 1. The first-order chi connectivity index (χ1) is 22.1. The van der Waals surface area contributed by atoms with Gasteiger partial charge in [-0.1, -0.05) is 92.7 Å². The molecule has 0 aromatic rings. The van der Waals surface area contributed by atoms with Gasteiger partial charge in [0.2, 0.25) is 0 Å². The van der Waals surface area contributed by atoms with Crippen molar-refractivity contribution in [3.63, 3.8) is 0 Å². The Morgan fingerprint density at radius 2 is 1.68 bits per heavy atom. The monoisotopic (exact) mass is 656 g/mol. The summed E-state index contributed by atoms with van der Waals surface area (Å²) in [5, 5.41) is 0. The SMILES string of the molecule is CC(C)CCC[C@@H](C)[C@H]1CCC2C3CC=C4C[C@@H](OCCCCCC(OC(=O)CCCN(C)C)C(C)(C)C)CC[C@]4(C)C3CC[C@@]21C. The lowest BCUT2D eigenvalue weighted by atomic mass is 9.47. The summed E-state index contributed by atoms with van der Waals surface area (Å²) in [5.41, 5.74) is 2.69. The van der Waals surface area contributed by atoms with Crippen LogP contribution in [-0.4, -0.2) is 50.3 Å². The van der Waals surface area contributed by atoms with E-state index < -0.39 is 0 Å². The number of fused-ring (bicyclic) bond motifs is 5. The van der Waals surface area contributed by atoms with Crippen LogP contribution in [0.4, 0.5) is 0 Å². The first-order valence-electron chi connectivity index (χ1n) is 20.3. The van der Waals surface area contributed by atoms with Crippen LogP contribution < -0.4 is 0 Å². The van der Waals surface area contributed by atoms with Crippen molar-refractivity contribution in [2.75, 3.05) is 27.2 Å². The molecule has 0 bridgehead atoms. The highest BCUT2D eigenvalue weighted by atomic mass is 16.5. The molecule has 47 heavy (non-hydrogen) atoms. The largest absolute Gasteiger partial charge is 0.462 e. The Kier molecular flexibility index (Phi) is 14.0. The second-order valence-electron chi connectivity index (χ2n) is 19.1. The van der Waals surface area contributed by atoms with Crippen molar-refractivity contribution in [1.29, 1.82) is 0 Å². The van der Waals surface area contributed by atoms with Crippen molar-refractivity contribution in [1.82, 2.24) is 4.90 Å². The van der Waals surface area contributed by atoms with Gasteiger partial charge in [0.15, 0.2) is 0 Å². The minimum atomic E-state index is -0.0421. The fourth-order valence-electron chi connectivity index (χ4n) is 11.1. The smallest absolute Gasteiger partial charge is 0.306 e. The molecular weight excluding hydrogens is 578 g/mol. The molecule has 0 spiro atoms. The van der Waals surface area contributed by atoms with Crippen LogP contribution in [0.1, 0.15) is 165 Å². The molecule has 0 aliphatic heterocycles. The molecule has 272 valence electrons. The lowest BCUT2D eigenvalue weighted by molar-refractivity contribution is -0.155. The number of carbonyl (C=O) groups excluding carboxylic acids is 1. The van der Waals surface area contributed by atoms with Gasteiger partial charge in [-0.15, -0.1) is 0 Å². The molecule has 4 aliphatic carbocycles. The number of allylic oxidation sites excluding steroid dienone is 1. The van der Waals surface area contributed by atoms with E-state index in [-0.39, 0.29) is 17.5 Å². The Morgan fingerprint density at radius 1 is 0.915 bits per heavy atom. The molecule has 0 aromatic heterocycles. The zero-order valence-electron chi connectivity index (χ0n) is 32.8. The highest BCUT2D eigenvalue weighted by Crippen LogP contribution is 2.67. The minimum absolute atomic E-state index is 0.0146. The topological polar surface area (TPSA) is 38.8 Å². The second kappa shape index (κ2) is 16.9. The van der Waals surface area contributed by atoms with Gasteiger partial charge in [-0.2, -0.15) is 0 Å². The summed E-state index contributed by atoms with van der Waals surface area (Å²) in [6, 6.07) is 0. The Morgan fingerprint density at radius 3 is 2.38 bits per heavy atom. The third-order valence-electron chi connectivity index (χ3n) is 13.9. The maximum absolute atomic E-state index is 12.5. The van der Waals surface area contributed by atoms with E-state index in [4.69, 9.17) is 9.47 Å². The van der Waals surface area contributed by atoms with Gasteiger partial charge in [0, 0.05) is 13.0 Å². The van der Waals surface area contributed by atoms with E-state index in [1.165, 1.54) is 64.2 Å². The van der Waals surface area contributed by atoms with Crippen LogP contribution in [0.3, 0.4) is 0 Å². The van der Waals surface area contributed by atoms with E-state index >= 15 is 0 Å². The van der Waals surface area contributed by atoms with Gasteiger partial charge in [-0.3, -0.25) is 4.79 Å².